The Labute approximate surface area is 339 Å². The monoisotopic (exact) mass is 806 g/mol. The van der Waals surface area contributed by atoms with Gasteiger partial charge in [-0.25, -0.2) is 4.79 Å². The van der Waals surface area contributed by atoms with E-state index in [2.05, 4.69) is 45.2 Å². The Bertz CT molecular complexity index is 2500. The van der Waals surface area contributed by atoms with Gasteiger partial charge in [0.2, 0.25) is 6.79 Å². The lowest BCUT2D eigenvalue weighted by atomic mass is 9.71. The Hall–Kier alpha value is -4.98. The first kappa shape index (κ1) is 37.3. The minimum absolute atomic E-state index is 0.0495. The normalized spacial score (nSPS) is 29.6. The molecular formula is C43H46N6O8S. The van der Waals surface area contributed by atoms with Crippen molar-refractivity contribution in [1.29, 1.82) is 5.26 Å². The van der Waals surface area contributed by atoms with Gasteiger partial charge in [-0.3, -0.25) is 19.9 Å². The second-order valence-corrected chi connectivity index (χ2v) is 17.7. The lowest BCUT2D eigenvalue weighted by Gasteiger charge is -2.62. The van der Waals surface area contributed by atoms with Gasteiger partial charge in [-0.05, 0) is 69.5 Å². The first-order chi connectivity index (χ1) is 27.9. The highest BCUT2D eigenvalue weighted by Gasteiger charge is 2.62. The number of aryl methyl sites for hydroxylation is 2. The van der Waals surface area contributed by atoms with Gasteiger partial charge < -0.3 is 39.5 Å². The number of rotatable bonds is 3. The number of phenolic OH excluding ortho intramolecular Hbond substituents is 1. The molecule has 0 amide bonds. The average molecular weight is 807 g/mol. The third kappa shape index (κ3) is 4.99. The number of aromatic amines is 1. The van der Waals surface area contributed by atoms with Crippen LogP contribution in [0.2, 0.25) is 0 Å². The molecule has 15 heteroatoms. The Morgan fingerprint density at radius 2 is 1.91 bits per heavy atom. The van der Waals surface area contributed by atoms with Crippen LogP contribution < -0.4 is 30.0 Å². The van der Waals surface area contributed by atoms with E-state index in [0.717, 1.165) is 44.4 Å². The first-order valence-electron chi connectivity index (χ1n) is 19.7. The SMILES string of the molecule is COc1c(C)cc2c(c1O)[C@H]1[C@@H]3[C@@H]4SC[C@]5(N[C@H](CN)Cc6c5[nH]c5ccc(C)cc65)C(=O)OC[C@@H](c5c6c(c(C)c(OC(C)=O)c54)OCO6)N3[C@@H](C#N)[C@H](C2)N1C. The summed E-state index contributed by atoms with van der Waals surface area (Å²) in [6.07, 6.45) is 1.12. The summed E-state index contributed by atoms with van der Waals surface area (Å²) in [5, 5.41) is 27.5. The smallest absolute Gasteiger partial charge is 0.333 e. The van der Waals surface area contributed by atoms with Crippen molar-refractivity contribution in [2.24, 2.45) is 5.73 Å². The number of hydrogen-bond acceptors (Lipinski definition) is 14. The third-order valence-corrected chi connectivity index (χ3v) is 14.9. The number of carbonyl (C=O) groups is 2. The second kappa shape index (κ2) is 13.3. The van der Waals surface area contributed by atoms with Crippen LogP contribution in [0.25, 0.3) is 10.9 Å². The van der Waals surface area contributed by atoms with E-state index in [-0.39, 0.29) is 43.5 Å². The van der Waals surface area contributed by atoms with E-state index in [1.165, 1.54) is 18.7 Å². The quantitative estimate of drug-likeness (QED) is 0.169. The molecule has 7 aliphatic rings. The number of carbonyl (C=O) groups excluding carboxylic acids is 2. The molecule has 4 aromatic rings. The maximum Gasteiger partial charge on any atom is 0.333 e. The number of nitrogens with one attached hydrogen (secondary N) is 2. The van der Waals surface area contributed by atoms with Crippen LogP contribution in [0, 0.1) is 32.1 Å². The lowest BCUT2D eigenvalue weighted by molar-refractivity contribution is -0.158. The largest absolute Gasteiger partial charge is 0.504 e. The number of nitriles is 1. The highest BCUT2D eigenvalue weighted by molar-refractivity contribution is 7.99. The predicted octanol–water partition coefficient (Wildman–Crippen LogP) is 4.39. The number of esters is 2. The molecule has 0 radical (unpaired) electrons. The number of likely N-dealkylation sites (N-methyl/N-ethyl adjacent to an activating group) is 1. The number of piperazine rings is 1. The molecule has 2 fully saturated rings. The van der Waals surface area contributed by atoms with E-state index in [0.29, 0.717) is 52.5 Å². The zero-order valence-electron chi connectivity index (χ0n) is 33.2. The number of aromatic nitrogens is 1. The van der Waals surface area contributed by atoms with Crippen molar-refractivity contribution in [2.75, 3.05) is 39.9 Å². The number of nitrogens with two attached hydrogens (primary N) is 1. The molecule has 1 aromatic heterocycles. The molecule has 3 aromatic carbocycles. The lowest BCUT2D eigenvalue weighted by Crippen LogP contribution is -2.69. The molecule has 7 aliphatic heterocycles. The number of thioether (sulfide) groups is 1. The van der Waals surface area contributed by atoms with Gasteiger partial charge in [0.1, 0.15) is 18.4 Å². The predicted molar refractivity (Wildman–Crippen MR) is 214 cm³/mol. The van der Waals surface area contributed by atoms with Crippen LogP contribution in [0.4, 0.5) is 0 Å². The van der Waals surface area contributed by atoms with Crippen LogP contribution in [0.15, 0.2) is 24.3 Å². The molecule has 14 nitrogen and oxygen atoms in total. The minimum atomic E-state index is -1.35. The van der Waals surface area contributed by atoms with Gasteiger partial charge in [-0.1, -0.05) is 17.7 Å². The van der Waals surface area contributed by atoms with Crippen molar-refractivity contribution in [1.82, 2.24) is 20.1 Å². The number of hydrogen-bond donors (Lipinski definition) is 4. The molecular weight excluding hydrogens is 761 g/mol. The molecule has 0 aliphatic carbocycles. The van der Waals surface area contributed by atoms with Crippen molar-refractivity contribution in [3.63, 3.8) is 0 Å². The average Bonchev–Trinajstić information content (AvgIpc) is 3.83. The molecule has 11 rings (SSSR count). The number of methoxy groups -OCH3 is 1. The molecule has 8 atom stereocenters. The summed E-state index contributed by atoms with van der Waals surface area (Å²) in [5.74, 6) is 0.962. The van der Waals surface area contributed by atoms with Gasteiger partial charge in [0.05, 0.1) is 36.2 Å². The van der Waals surface area contributed by atoms with Gasteiger partial charge >= 0.3 is 11.9 Å². The van der Waals surface area contributed by atoms with Crippen molar-refractivity contribution in [2.45, 2.75) is 87.6 Å². The Morgan fingerprint density at radius 3 is 2.66 bits per heavy atom. The van der Waals surface area contributed by atoms with Crippen molar-refractivity contribution in [3.05, 3.63) is 74.5 Å². The Kier molecular flexibility index (Phi) is 8.53. The molecule has 58 heavy (non-hydrogen) atoms. The van der Waals surface area contributed by atoms with Gasteiger partial charge in [0.15, 0.2) is 28.5 Å². The van der Waals surface area contributed by atoms with Crippen LogP contribution in [-0.2, 0) is 32.7 Å². The Balaban J connectivity index is 1.26. The van der Waals surface area contributed by atoms with Crippen LogP contribution in [0.5, 0.6) is 28.7 Å². The summed E-state index contributed by atoms with van der Waals surface area (Å²) in [6.45, 7) is 7.28. The van der Waals surface area contributed by atoms with E-state index in [1.807, 2.05) is 33.0 Å². The number of fused-ring (bicyclic) bond motifs is 11. The molecule has 5 N–H and O–H groups in total. The van der Waals surface area contributed by atoms with Gasteiger partial charge in [-0.15, -0.1) is 11.8 Å². The van der Waals surface area contributed by atoms with E-state index < -0.39 is 46.9 Å². The van der Waals surface area contributed by atoms with E-state index in [1.54, 1.807) is 7.11 Å². The third-order valence-electron chi connectivity index (χ3n) is 13.4. The number of nitrogens with zero attached hydrogens (tertiary/aromatic N) is 3. The zero-order valence-corrected chi connectivity index (χ0v) is 34.0. The van der Waals surface area contributed by atoms with Crippen LogP contribution in [-0.4, -0.2) is 95.9 Å². The standard InChI is InChI=1S/C43H46N6O8S/c1-18-7-8-26-24(9-18)25-12-23(13-44)47-43(41(25)46-26)16-58-40-32-31(39-38(55-17-56-39)20(3)37(32)57-21(4)50)29(15-54-42(43)52)49-28(14-45)27-11-22-10-19(2)36(53-6)35(51)30(22)33(34(40)49)48(27)5/h7-10,23,27-29,33-34,40,46-47,51H,11-13,15-17,44H2,1-6H3/t23-,27-,28-,29-,33-,34+,40+,43+/m0/s1. The van der Waals surface area contributed by atoms with Crippen LogP contribution in [0.3, 0.4) is 0 Å². The fourth-order valence-corrected chi connectivity index (χ4v) is 12.7. The fourth-order valence-electron chi connectivity index (χ4n) is 11.1. The highest BCUT2D eigenvalue weighted by atomic mass is 32.2. The molecule has 2 saturated heterocycles. The van der Waals surface area contributed by atoms with Gasteiger partial charge in [-0.2, -0.15) is 5.26 Å². The van der Waals surface area contributed by atoms with Crippen LogP contribution in [0.1, 0.15) is 74.5 Å². The van der Waals surface area contributed by atoms with Gasteiger partial charge in [0, 0.05) is 70.5 Å². The van der Waals surface area contributed by atoms with Crippen LogP contribution >= 0.6 is 11.8 Å². The summed E-state index contributed by atoms with van der Waals surface area (Å²) < 4.78 is 30.9. The second-order valence-electron chi connectivity index (χ2n) is 16.5. The Morgan fingerprint density at radius 1 is 1.12 bits per heavy atom. The molecule has 1 spiro atoms. The summed E-state index contributed by atoms with van der Waals surface area (Å²) in [4.78, 5) is 36.2. The minimum Gasteiger partial charge on any atom is -0.504 e. The van der Waals surface area contributed by atoms with Crippen molar-refractivity contribution >= 4 is 34.6 Å². The number of ether oxygens (including phenoxy) is 5. The first-order valence-corrected chi connectivity index (χ1v) is 20.8. The van der Waals surface area contributed by atoms with Crippen molar-refractivity contribution < 1.29 is 38.4 Å². The zero-order chi connectivity index (χ0) is 40.5. The fraction of sp³-hybridized carbons (Fsp3) is 0.465. The molecule has 8 heterocycles. The number of H-pyrrole nitrogens is 1. The molecule has 4 bridgehead atoms. The number of benzene rings is 3. The maximum absolute atomic E-state index is 15.1. The van der Waals surface area contributed by atoms with E-state index in [4.69, 9.17) is 29.4 Å². The highest BCUT2D eigenvalue weighted by Crippen LogP contribution is 2.64. The topological polar surface area (TPSA) is 185 Å². The number of phenols is 1. The molecule has 0 unspecified atom stereocenters. The van der Waals surface area contributed by atoms with Gasteiger partial charge in [0.25, 0.3) is 0 Å². The summed E-state index contributed by atoms with van der Waals surface area (Å²) >= 11 is 1.53. The maximum atomic E-state index is 15.1. The number of aromatic hydroxyl groups is 1. The van der Waals surface area contributed by atoms with E-state index >= 15 is 4.79 Å². The molecule has 302 valence electrons. The molecule has 0 saturated carbocycles. The summed E-state index contributed by atoms with van der Waals surface area (Å²) in [7, 11) is 3.56. The summed E-state index contributed by atoms with van der Waals surface area (Å²) in [6, 6.07) is 8.04. The van der Waals surface area contributed by atoms with Crippen molar-refractivity contribution in [3.8, 4) is 34.8 Å². The summed E-state index contributed by atoms with van der Waals surface area (Å²) in [5.41, 5.74) is 13.3. The van der Waals surface area contributed by atoms with E-state index in [9.17, 15) is 15.2 Å².